The molecule has 0 saturated carbocycles. The molecule has 4 aromatic rings. The molecule has 15 heteroatoms. The van der Waals surface area contributed by atoms with Crippen molar-refractivity contribution in [1.29, 1.82) is 0 Å². The first kappa shape index (κ1) is 34.5. The van der Waals surface area contributed by atoms with Crippen molar-refractivity contribution >= 4 is 34.2 Å². The monoisotopic (exact) mass is 693 g/mol. The summed E-state index contributed by atoms with van der Waals surface area (Å²) in [6.07, 6.45) is 2.34. The highest BCUT2D eigenvalue weighted by Crippen LogP contribution is 2.37. The summed E-state index contributed by atoms with van der Waals surface area (Å²) >= 11 is 0. The predicted octanol–water partition coefficient (Wildman–Crippen LogP) is 4.55. The van der Waals surface area contributed by atoms with Crippen LogP contribution in [0.1, 0.15) is 38.1 Å². The second-order valence-corrected chi connectivity index (χ2v) is 12.2. The molecule has 12 nitrogen and oxygen atoms in total. The van der Waals surface area contributed by atoms with Crippen molar-refractivity contribution in [3.05, 3.63) is 88.2 Å². The van der Waals surface area contributed by atoms with Gasteiger partial charge in [0.1, 0.15) is 17.3 Å². The van der Waals surface area contributed by atoms with Crippen molar-refractivity contribution in [2.45, 2.75) is 38.3 Å². The summed E-state index contributed by atoms with van der Waals surface area (Å²) in [5.41, 5.74) is -0.227. The summed E-state index contributed by atoms with van der Waals surface area (Å²) < 4.78 is 55.0. The number of carbonyl (C=O) groups excluding carboxylic acids is 2. The maximum absolute atomic E-state index is 14.5. The Morgan fingerprint density at radius 2 is 1.72 bits per heavy atom. The van der Waals surface area contributed by atoms with Crippen molar-refractivity contribution in [3.63, 3.8) is 0 Å². The molecule has 0 spiro atoms. The molecular weight excluding hydrogens is 655 g/mol. The Morgan fingerprint density at radius 3 is 2.38 bits per heavy atom. The topological polar surface area (TPSA) is 121 Å². The van der Waals surface area contributed by atoms with E-state index >= 15 is 0 Å². The van der Waals surface area contributed by atoms with Gasteiger partial charge >= 0.3 is 6.03 Å². The number of urea groups is 1. The van der Waals surface area contributed by atoms with Crippen LogP contribution < -0.4 is 35.6 Å². The van der Waals surface area contributed by atoms with Crippen molar-refractivity contribution < 1.29 is 32.2 Å². The van der Waals surface area contributed by atoms with E-state index in [1.54, 1.807) is 35.0 Å². The normalized spacial score (nSPS) is 16.7. The molecule has 0 bridgehead atoms. The van der Waals surface area contributed by atoms with Gasteiger partial charge in [0.25, 0.3) is 5.56 Å². The minimum absolute atomic E-state index is 0.00871. The highest BCUT2D eigenvalue weighted by Gasteiger charge is 2.33. The molecular formula is C35H38F3N7O5. The summed E-state index contributed by atoms with van der Waals surface area (Å²) in [5, 5.41) is 7.64. The third-order valence-corrected chi connectivity index (χ3v) is 9.11. The number of fused-ring (bicyclic) bond motifs is 1. The van der Waals surface area contributed by atoms with Crippen LogP contribution in [-0.2, 0) is 4.79 Å². The zero-order valence-corrected chi connectivity index (χ0v) is 27.9. The number of hydrogen-bond acceptors (Lipinski definition) is 8. The second kappa shape index (κ2) is 14.7. The van der Waals surface area contributed by atoms with E-state index in [4.69, 9.17) is 9.47 Å². The molecule has 2 saturated heterocycles. The van der Waals surface area contributed by atoms with Gasteiger partial charge in [-0.1, -0.05) is 0 Å². The number of anilines is 2. The fourth-order valence-electron chi connectivity index (χ4n) is 6.46. The van der Waals surface area contributed by atoms with E-state index in [-0.39, 0.29) is 58.9 Å². The molecule has 3 aromatic carbocycles. The van der Waals surface area contributed by atoms with Gasteiger partial charge in [-0.15, -0.1) is 0 Å². The number of piperazine rings is 1. The average Bonchev–Trinajstić information content (AvgIpc) is 3.63. The molecule has 3 amide bonds. The van der Waals surface area contributed by atoms with Gasteiger partial charge in [-0.2, -0.15) is 0 Å². The molecule has 0 unspecified atom stereocenters. The fourth-order valence-corrected chi connectivity index (χ4v) is 6.46. The maximum atomic E-state index is 14.5. The SMILES string of the molecule is COc1ccc(N(C(=O)Nc2ccc(F)cc2)[C@H](C)c2nc3cc(F)c(F)cc3c(=O)n2N2CCN(C(=O)C[C@@H]3CCCN3)CC2)c(OC)c1. The first-order chi connectivity index (χ1) is 24.1. The summed E-state index contributed by atoms with van der Waals surface area (Å²) in [7, 11) is 2.90. The predicted molar refractivity (Wildman–Crippen MR) is 182 cm³/mol. The molecule has 50 heavy (non-hydrogen) atoms. The Balaban J connectivity index is 1.43. The van der Waals surface area contributed by atoms with Crippen LogP contribution in [0.15, 0.2) is 59.4 Å². The summed E-state index contributed by atoms with van der Waals surface area (Å²) in [4.78, 5) is 49.2. The van der Waals surface area contributed by atoms with Gasteiger partial charge in [-0.3, -0.25) is 14.5 Å². The number of nitrogens with zero attached hydrogens (tertiary/aromatic N) is 5. The molecule has 6 rings (SSSR count). The van der Waals surface area contributed by atoms with Crippen LogP contribution >= 0.6 is 0 Å². The minimum Gasteiger partial charge on any atom is -0.497 e. The van der Waals surface area contributed by atoms with Crippen molar-refractivity contribution in [2.75, 3.05) is 62.2 Å². The van der Waals surface area contributed by atoms with Crippen LogP contribution in [0, 0.1) is 17.5 Å². The lowest BCUT2D eigenvalue weighted by Gasteiger charge is -2.39. The molecule has 264 valence electrons. The minimum atomic E-state index is -1.21. The fraction of sp³-hybridized carbons (Fsp3) is 0.371. The first-order valence-electron chi connectivity index (χ1n) is 16.3. The van der Waals surface area contributed by atoms with Gasteiger partial charge in [-0.05, 0) is 68.8 Å². The molecule has 2 N–H and O–H groups in total. The molecule has 1 aromatic heterocycles. The molecule has 2 atom stereocenters. The number of methoxy groups -OCH3 is 2. The number of ether oxygens (including phenoxy) is 2. The number of amides is 3. The van der Waals surface area contributed by atoms with E-state index in [9.17, 15) is 27.6 Å². The second-order valence-electron chi connectivity index (χ2n) is 12.2. The van der Waals surface area contributed by atoms with Crippen LogP contribution in [0.2, 0.25) is 0 Å². The van der Waals surface area contributed by atoms with Crippen LogP contribution in [0.4, 0.5) is 29.3 Å². The molecule has 0 aliphatic carbocycles. The van der Waals surface area contributed by atoms with Crippen LogP contribution in [0.3, 0.4) is 0 Å². The molecule has 2 fully saturated rings. The number of carbonyl (C=O) groups is 2. The standard InChI is InChI=1S/C35H38F3N7O5/c1-21(44(30-11-10-25(49-2)18-31(30)50-3)35(48)40-23-8-6-22(36)7-9-23)33-41-29-20-28(38)27(37)19-26(29)34(47)45(33)43-15-13-42(14-16-43)32(46)17-24-5-4-12-39-24/h6-11,18-21,24,39H,4-5,12-17H2,1-3H3,(H,40,48)/t21-,24+/m1/s1. The number of hydrogen-bond donors (Lipinski definition) is 2. The third-order valence-electron chi connectivity index (χ3n) is 9.11. The van der Waals surface area contributed by atoms with E-state index in [0.717, 1.165) is 31.5 Å². The van der Waals surface area contributed by atoms with E-state index in [0.29, 0.717) is 25.3 Å². The zero-order chi connectivity index (χ0) is 35.5. The highest BCUT2D eigenvalue weighted by molar-refractivity contribution is 6.03. The van der Waals surface area contributed by atoms with Gasteiger partial charge < -0.3 is 30.0 Å². The first-order valence-corrected chi connectivity index (χ1v) is 16.3. The Morgan fingerprint density at radius 1 is 1.00 bits per heavy atom. The maximum Gasteiger partial charge on any atom is 0.327 e. The third kappa shape index (κ3) is 7.04. The van der Waals surface area contributed by atoms with Crippen LogP contribution in [0.5, 0.6) is 11.5 Å². The highest BCUT2D eigenvalue weighted by atomic mass is 19.2. The van der Waals surface area contributed by atoms with Crippen molar-refractivity contribution in [1.82, 2.24) is 19.9 Å². The lowest BCUT2D eigenvalue weighted by molar-refractivity contribution is -0.132. The quantitative estimate of drug-likeness (QED) is 0.262. The summed E-state index contributed by atoms with van der Waals surface area (Å²) in [6, 6.07) is 10.0. The summed E-state index contributed by atoms with van der Waals surface area (Å²) in [6.45, 7) is 3.59. The lowest BCUT2D eigenvalue weighted by Crippen LogP contribution is -2.57. The van der Waals surface area contributed by atoms with Crippen LogP contribution in [-0.4, -0.2) is 79.5 Å². The van der Waals surface area contributed by atoms with Gasteiger partial charge in [0.05, 0.1) is 49.9 Å². The Bertz CT molecular complexity index is 1940. The van der Waals surface area contributed by atoms with E-state index in [1.807, 2.05) is 0 Å². The molecule has 2 aliphatic heterocycles. The Kier molecular flexibility index (Phi) is 10.1. The number of rotatable bonds is 9. The van der Waals surface area contributed by atoms with Crippen LogP contribution in [0.25, 0.3) is 10.9 Å². The van der Waals surface area contributed by atoms with E-state index in [1.165, 1.54) is 48.1 Å². The smallest absolute Gasteiger partial charge is 0.327 e. The lowest BCUT2D eigenvalue weighted by atomic mass is 10.1. The van der Waals surface area contributed by atoms with Gasteiger partial charge in [0.2, 0.25) is 5.91 Å². The Hall–Kier alpha value is -5.31. The zero-order valence-electron chi connectivity index (χ0n) is 27.9. The average molecular weight is 694 g/mol. The number of halogens is 3. The Labute approximate surface area is 286 Å². The van der Waals surface area contributed by atoms with Gasteiger partial charge in [0, 0.05) is 43.4 Å². The van der Waals surface area contributed by atoms with E-state index in [2.05, 4.69) is 15.6 Å². The number of aromatic nitrogens is 2. The van der Waals surface area contributed by atoms with Crippen molar-refractivity contribution in [3.8, 4) is 11.5 Å². The van der Waals surface area contributed by atoms with Gasteiger partial charge in [-0.25, -0.2) is 27.6 Å². The van der Waals surface area contributed by atoms with Crippen molar-refractivity contribution in [2.24, 2.45) is 0 Å². The summed E-state index contributed by atoms with van der Waals surface area (Å²) in [5.74, 6) is -2.14. The number of nitrogens with one attached hydrogen (secondary N) is 2. The van der Waals surface area contributed by atoms with E-state index < -0.39 is 35.1 Å². The van der Waals surface area contributed by atoms with Gasteiger partial charge in [0.15, 0.2) is 17.5 Å². The molecule has 0 radical (unpaired) electrons. The molecule has 2 aliphatic rings. The molecule has 3 heterocycles. The number of benzene rings is 3. The largest absolute Gasteiger partial charge is 0.497 e.